The van der Waals surface area contributed by atoms with Crippen molar-refractivity contribution in [3.63, 3.8) is 0 Å². The third-order valence-corrected chi connectivity index (χ3v) is 2.63. The monoisotopic (exact) mass is 230 g/mol. The van der Waals surface area contributed by atoms with E-state index < -0.39 is 18.0 Å². The molecule has 0 amide bonds. The average Bonchev–Trinajstić information content (AvgIpc) is 2.35. The van der Waals surface area contributed by atoms with Crippen molar-refractivity contribution in [2.24, 2.45) is 17.6 Å². The van der Waals surface area contributed by atoms with Crippen LogP contribution in [0.2, 0.25) is 0 Å². The zero-order chi connectivity index (χ0) is 12.3. The zero-order valence-electron chi connectivity index (χ0n) is 8.88. The van der Waals surface area contributed by atoms with Gasteiger partial charge in [-0.2, -0.15) is 18.4 Å². The number of nitriles is 1. The van der Waals surface area contributed by atoms with Crippen LogP contribution in [0.25, 0.3) is 0 Å². The van der Waals surface area contributed by atoms with Crippen LogP contribution in [0.1, 0.15) is 13.3 Å². The van der Waals surface area contributed by atoms with Gasteiger partial charge in [0.25, 0.3) is 0 Å². The van der Waals surface area contributed by atoms with E-state index in [9.17, 15) is 13.2 Å². The Kier molecular flexibility index (Phi) is 3.76. The summed E-state index contributed by atoms with van der Waals surface area (Å²) in [5, 5.41) is 8.85. The third kappa shape index (κ3) is 2.86. The fraction of sp³-hybridized carbons (Fsp3) is 0.545. The van der Waals surface area contributed by atoms with Crippen LogP contribution in [0.15, 0.2) is 23.3 Å². The molecule has 0 spiro atoms. The lowest BCUT2D eigenvalue weighted by Crippen LogP contribution is -2.24. The Balaban J connectivity index is 3.03. The molecule has 0 aromatic carbocycles. The maximum Gasteiger partial charge on any atom is 0.395 e. The molecule has 0 aromatic heterocycles. The molecule has 1 aliphatic rings. The van der Waals surface area contributed by atoms with E-state index >= 15 is 0 Å². The Bertz CT molecular complexity index is 360. The van der Waals surface area contributed by atoms with Gasteiger partial charge in [-0.05, 0) is 18.9 Å². The average molecular weight is 230 g/mol. The minimum absolute atomic E-state index is 0.119. The van der Waals surface area contributed by atoms with Gasteiger partial charge >= 0.3 is 6.18 Å². The summed E-state index contributed by atoms with van der Waals surface area (Å²) in [5.74, 6) is -2.30. The van der Waals surface area contributed by atoms with Gasteiger partial charge in [-0.15, -0.1) is 0 Å². The van der Waals surface area contributed by atoms with E-state index in [-0.39, 0.29) is 13.0 Å². The van der Waals surface area contributed by atoms with Crippen LogP contribution in [-0.4, -0.2) is 12.7 Å². The largest absolute Gasteiger partial charge is 0.395 e. The maximum absolute atomic E-state index is 12.6. The molecule has 0 radical (unpaired) electrons. The van der Waals surface area contributed by atoms with Crippen molar-refractivity contribution < 1.29 is 13.2 Å². The third-order valence-electron chi connectivity index (χ3n) is 2.63. The van der Waals surface area contributed by atoms with E-state index in [4.69, 9.17) is 11.0 Å². The Morgan fingerprint density at radius 3 is 2.62 bits per heavy atom. The van der Waals surface area contributed by atoms with Gasteiger partial charge in [-0.25, -0.2) is 0 Å². The van der Waals surface area contributed by atoms with Crippen molar-refractivity contribution in [1.29, 1.82) is 5.26 Å². The highest BCUT2D eigenvalue weighted by atomic mass is 19.4. The number of halogens is 3. The number of nitrogens with two attached hydrogens (primary N) is 1. The fourth-order valence-corrected chi connectivity index (χ4v) is 1.80. The highest BCUT2D eigenvalue weighted by Gasteiger charge is 2.40. The first-order chi connectivity index (χ1) is 7.38. The molecular formula is C11H13F3N2. The number of nitrogens with zero attached hydrogens (tertiary/aromatic N) is 1. The number of allylic oxidation sites excluding steroid dienone is 3. The first-order valence-electron chi connectivity index (χ1n) is 4.93. The minimum Gasteiger partial charge on any atom is -0.327 e. The smallest absolute Gasteiger partial charge is 0.327 e. The number of rotatable bonds is 1. The summed E-state index contributed by atoms with van der Waals surface area (Å²) in [5.41, 5.74) is 6.51. The first-order valence-corrected chi connectivity index (χ1v) is 4.93. The van der Waals surface area contributed by atoms with Crippen LogP contribution in [0.4, 0.5) is 13.2 Å². The van der Waals surface area contributed by atoms with Gasteiger partial charge in [0.1, 0.15) is 0 Å². The lowest BCUT2D eigenvalue weighted by atomic mass is 9.91. The van der Waals surface area contributed by atoms with Crippen molar-refractivity contribution in [1.82, 2.24) is 0 Å². The fourth-order valence-electron chi connectivity index (χ4n) is 1.80. The second kappa shape index (κ2) is 4.71. The molecule has 1 aliphatic carbocycles. The SMILES string of the molecule is CC1=CC(C(F)(F)F)CC(C#N)C(CN)=C1. The molecule has 2 nitrogen and oxygen atoms in total. The molecule has 0 saturated heterocycles. The molecular weight excluding hydrogens is 217 g/mol. The van der Waals surface area contributed by atoms with Crippen molar-refractivity contribution in [2.45, 2.75) is 19.5 Å². The number of hydrogen-bond acceptors (Lipinski definition) is 2. The quantitative estimate of drug-likeness (QED) is 0.752. The van der Waals surface area contributed by atoms with Crippen LogP contribution in [0.3, 0.4) is 0 Å². The van der Waals surface area contributed by atoms with E-state index in [1.54, 1.807) is 13.0 Å². The molecule has 0 saturated carbocycles. The van der Waals surface area contributed by atoms with Gasteiger partial charge < -0.3 is 5.73 Å². The molecule has 2 N–H and O–H groups in total. The van der Waals surface area contributed by atoms with Crippen LogP contribution in [-0.2, 0) is 0 Å². The summed E-state index contributed by atoms with van der Waals surface area (Å²) >= 11 is 0. The maximum atomic E-state index is 12.6. The van der Waals surface area contributed by atoms with Gasteiger partial charge in [0.05, 0.1) is 17.9 Å². The predicted molar refractivity (Wildman–Crippen MR) is 54.2 cm³/mol. The second-order valence-corrected chi connectivity index (χ2v) is 3.90. The molecule has 0 aliphatic heterocycles. The van der Waals surface area contributed by atoms with Gasteiger partial charge in [0.2, 0.25) is 0 Å². The van der Waals surface area contributed by atoms with Crippen LogP contribution >= 0.6 is 0 Å². The molecule has 5 heteroatoms. The molecule has 0 heterocycles. The molecule has 2 unspecified atom stereocenters. The van der Waals surface area contributed by atoms with Crippen molar-refractivity contribution >= 4 is 0 Å². The highest BCUT2D eigenvalue weighted by molar-refractivity contribution is 5.30. The van der Waals surface area contributed by atoms with E-state index in [1.807, 2.05) is 6.07 Å². The van der Waals surface area contributed by atoms with E-state index in [1.165, 1.54) is 0 Å². The molecule has 0 bridgehead atoms. The van der Waals surface area contributed by atoms with Crippen LogP contribution in [0, 0.1) is 23.2 Å². The van der Waals surface area contributed by atoms with Crippen LogP contribution in [0.5, 0.6) is 0 Å². The predicted octanol–water partition coefficient (Wildman–Crippen LogP) is 2.54. The van der Waals surface area contributed by atoms with Crippen molar-refractivity contribution in [3.8, 4) is 6.07 Å². The Hall–Kier alpha value is -1.28. The summed E-state index contributed by atoms with van der Waals surface area (Å²) < 4.78 is 37.9. The number of hydrogen-bond donors (Lipinski definition) is 1. The standard InChI is InChI=1S/C11H13F3N2/c1-7-2-8(5-15)9(6-16)4-10(3-7)11(12,13)14/h2-3,9-10H,4-5,15H2,1H3. The van der Waals surface area contributed by atoms with Crippen LogP contribution < -0.4 is 5.73 Å². The Morgan fingerprint density at radius 1 is 1.56 bits per heavy atom. The molecule has 88 valence electrons. The lowest BCUT2D eigenvalue weighted by molar-refractivity contribution is -0.163. The molecule has 0 aromatic rings. The van der Waals surface area contributed by atoms with Gasteiger partial charge in [-0.1, -0.05) is 17.7 Å². The summed E-state index contributed by atoms with van der Waals surface area (Å²) in [6, 6.07) is 1.89. The van der Waals surface area contributed by atoms with Gasteiger partial charge in [-0.3, -0.25) is 0 Å². The van der Waals surface area contributed by atoms with E-state index in [2.05, 4.69) is 0 Å². The summed E-state index contributed by atoms with van der Waals surface area (Å²) in [7, 11) is 0. The first kappa shape index (κ1) is 12.8. The molecule has 1 rings (SSSR count). The van der Waals surface area contributed by atoms with Gasteiger partial charge in [0.15, 0.2) is 0 Å². The molecule has 2 atom stereocenters. The number of alkyl halides is 3. The second-order valence-electron chi connectivity index (χ2n) is 3.90. The molecule has 0 fully saturated rings. The zero-order valence-corrected chi connectivity index (χ0v) is 8.88. The Labute approximate surface area is 92.2 Å². The lowest BCUT2D eigenvalue weighted by Gasteiger charge is -2.18. The topological polar surface area (TPSA) is 49.8 Å². The normalized spacial score (nSPS) is 26.5. The van der Waals surface area contributed by atoms with E-state index in [0.717, 1.165) is 6.08 Å². The Morgan fingerprint density at radius 2 is 2.19 bits per heavy atom. The highest BCUT2D eigenvalue weighted by Crippen LogP contribution is 2.36. The minimum atomic E-state index is -4.30. The van der Waals surface area contributed by atoms with Crippen molar-refractivity contribution in [2.75, 3.05) is 6.54 Å². The van der Waals surface area contributed by atoms with E-state index in [0.29, 0.717) is 11.1 Å². The summed E-state index contributed by atoms with van der Waals surface area (Å²) in [6.45, 7) is 1.71. The summed E-state index contributed by atoms with van der Waals surface area (Å²) in [6.07, 6.45) is -1.79. The molecule has 16 heavy (non-hydrogen) atoms. The summed E-state index contributed by atoms with van der Waals surface area (Å²) in [4.78, 5) is 0. The van der Waals surface area contributed by atoms with Crippen molar-refractivity contribution in [3.05, 3.63) is 23.3 Å². The van der Waals surface area contributed by atoms with Gasteiger partial charge in [0, 0.05) is 6.54 Å².